The number of methoxy groups -OCH3 is 1. The van der Waals surface area contributed by atoms with E-state index in [1.807, 2.05) is 12.1 Å². The van der Waals surface area contributed by atoms with Crippen molar-refractivity contribution in [1.82, 2.24) is 4.98 Å². The summed E-state index contributed by atoms with van der Waals surface area (Å²) in [7, 11) is 1.49. The first-order valence-corrected chi connectivity index (χ1v) is 6.46. The molecule has 2 aromatic rings. The van der Waals surface area contributed by atoms with Crippen LogP contribution in [0, 0.1) is 0 Å². The van der Waals surface area contributed by atoms with Gasteiger partial charge in [0.25, 0.3) is 5.91 Å². The van der Waals surface area contributed by atoms with Crippen molar-refractivity contribution in [3.63, 3.8) is 0 Å². The third-order valence-electron chi connectivity index (χ3n) is 3.02. The Morgan fingerprint density at radius 1 is 1.29 bits per heavy atom. The molecule has 1 aromatic carbocycles. The van der Waals surface area contributed by atoms with E-state index in [0.29, 0.717) is 23.1 Å². The molecule has 0 aliphatic carbocycles. The lowest BCUT2D eigenvalue weighted by atomic mass is 10.2. The highest BCUT2D eigenvalue weighted by atomic mass is 16.6. The SMILES string of the molecule is COc1ncccc1NC(=O)C1COc2ccccc2O1. The van der Waals surface area contributed by atoms with Crippen molar-refractivity contribution < 1.29 is 19.0 Å². The number of benzene rings is 1. The molecule has 0 spiro atoms. The van der Waals surface area contributed by atoms with Crippen molar-refractivity contribution in [3.8, 4) is 17.4 Å². The first-order chi connectivity index (χ1) is 10.3. The maximum Gasteiger partial charge on any atom is 0.269 e. The third-order valence-corrected chi connectivity index (χ3v) is 3.02. The molecule has 1 atom stereocenters. The zero-order valence-corrected chi connectivity index (χ0v) is 11.4. The number of ether oxygens (including phenoxy) is 3. The number of amides is 1. The number of anilines is 1. The van der Waals surface area contributed by atoms with Crippen molar-refractivity contribution >= 4 is 11.6 Å². The molecule has 1 aromatic heterocycles. The number of para-hydroxylation sites is 2. The first-order valence-electron chi connectivity index (χ1n) is 6.46. The highest BCUT2D eigenvalue weighted by Gasteiger charge is 2.27. The molecular formula is C15H14N2O4. The number of pyridine rings is 1. The number of carbonyl (C=O) groups is 1. The molecule has 1 N–H and O–H groups in total. The summed E-state index contributed by atoms with van der Waals surface area (Å²) in [6.07, 6.45) is 0.870. The second-order valence-electron chi connectivity index (χ2n) is 4.41. The van der Waals surface area contributed by atoms with Crippen LogP contribution in [0.2, 0.25) is 0 Å². The molecule has 0 bridgehead atoms. The number of aromatic nitrogens is 1. The molecular weight excluding hydrogens is 272 g/mol. The molecule has 2 heterocycles. The van der Waals surface area contributed by atoms with Gasteiger partial charge in [0.2, 0.25) is 12.0 Å². The van der Waals surface area contributed by atoms with Crippen LogP contribution in [0.5, 0.6) is 17.4 Å². The van der Waals surface area contributed by atoms with Crippen LogP contribution in [-0.4, -0.2) is 30.7 Å². The Morgan fingerprint density at radius 3 is 2.90 bits per heavy atom. The van der Waals surface area contributed by atoms with E-state index < -0.39 is 6.10 Å². The van der Waals surface area contributed by atoms with Gasteiger partial charge in [0.15, 0.2) is 11.5 Å². The van der Waals surface area contributed by atoms with E-state index in [2.05, 4.69) is 10.3 Å². The normalized spacial score (nSPS) is 16.1. The molecule has 1 aliphatic heterocycles. The zero-order chi connectivity index (χ0) is 14.7. The predicted octanol–water partition coefficient (Wildman–Crippen LogP) is 1.87. The Hall–Kier alpha value is -2.76. The highest BCUT2D eigenvalue weighted by molar-refractivity contribution is 5.95. The van der Waals surface area contributed by atoms with Gasteiger partial charge in [-0.15, -0.1) is 0 Å². The number of hydrogen-bond donors (Lipinski definition) is 1. The van der Waals surface area contributed by atoms with Gasteiger partial charge in [-0.25, -0.2) is 4.98 Å². The maximum absolute atomic E-state index is 12.2. The summed E-state index contributed by atoms with van der Waals surface area (Å²) in [4.78, 5) is 16.3. The molecule has 1 aliphatic rings. The lowest BCUT2D eigenvalue weighted by Crippen LogP contribution is -2.40. The summed E-state index contributed by atoms with van der Waals surface area (Å²) < 4.78 is 16.3. The molecule has 21 heavy (non-hydrogen) atoms. The maximum atomic E-state index is 12.2. The van der Waals surface area contributed by atoms with Gasteiger partial charge >= 0.3 is 0 Å². The van der Waals surface area contributed by atoms with Crippen LogP contribution >= 0.6 is 0 Å². The summed E-state index contributed by atoms with van der Waals surface area (Å²) in [5.41, 5.74) is 0.493. The van der Waals surface area contributed by atoms with Gasteiger partial charge in [-0.2, -0.15) is 0 Å². The summed E-state index contributed by atoms with van der Waals surface area (Å²) >= 11 is 0. The number of fused-ring (bicyclic) bond motifs is 1. The van der Waals surface area contributed by atoms with Gasteiger partial charge in [-0.1, -0.05) is 12.1 Å². The topological polar surface area (TPSA) is 69.7 Å². The van der Waals surface area contributed by atoms with Gasteiger partial charge in [0.05, 0.1) is 7.11 Å². The van der Waals surface area contributed by atoms with E-state index >= 15 is 0 Å². The van der Waals surface area contributed by atoms with Crippen LogP contribution in [0.1, 0.15) is 0 Å². The third kappa shape index (κ3) is 2.74. The minimum absolute atomic E-state index is 0.158. The summed E-state index contributed by atoms with van der Waals surface area (Å²) in [6, 6.07) is 10.7. The van der Waals surface area contributed by atoms with Crippen LogP contribution in [0.15, 0.2) is 42.6 Å². The van der Waals surface area contributed by atoms with E-state index in [9.17, 15) is 4.79 Å². The van der Waals surface area contributed by atoms with Crippen molar-refractivity contribution in [1.29, 1.82) is 0 Å². The number of carbonyl (C=O) groups excluding carboxylic acids is 1. The molecule has 1 amide bonds. The van der Waals surface area contributed by atoms with Gasteiger partial charge in [-0.05, 0) is 24.3 Å². The second-order valence-corrected chi connectivity index (χ2v) is 4.41. The largest absolute Gasteiger partial charge is 0.485 e. The highest BCUT2D eigenvalue weighted by Crippen LogP contribution is 2.31. The Balaban J connectivity index is 1.72. The molecule has 0 fully saturated rings. The van der Waals surface area contributed by atoms with Gasteiger partial charge in [0, 0.05) is 6.20 Å². The summed E-state index contributed by atoms with van der Waals surface area (Å²) in [5.74, 6) is 1.24. The molecule has 6 heteroatoms. The monoisotopic (exact) mass is 286 g/mol. The van der Waals surface area contributed by atoms with Crippen LogP contribution in [0.25, 0.3) is 0 Å². The van der Waals surface area contributed by atoms with Crippen molar-refractivity contribution in [2.75, 3.05) is 19.0 Å². The number of nitrogens with zero attached hydrogens (tertiary/aromatic N) is 1. The van der Waals surface area contributed by atoms with Crippen LogP contribution in [0.4, 0.5) is 5.69 Å². The Morgan fingerprint density at radius 2 is 2.10 bits per heavy atom. The minimum atomic E-state index is -0.718. The first kappa shape index (κ1) is 13.2. The molecule has 0 saturated heterocycles. The zero-order valence-electron chi connectivity index (χ0n) is 11.4. The van der Waals surface area contributed by atoms with E-state index in [4.69, 9.17) is 14.2 Å². The van der Waals surface area contributed by atoms with E-state index in [-0.39, 0.29) is 12.5 Å². The van der Waals surface area contributed by atoms with Gasteiger partial charge in [-0.3, -0.25) is 4.79 Å². The molecule has 1 unspecified atom stereocenters. The molecule has 0 saturated carbocycles. The fourth-order valence-electron chi connectivity index (χ4n) is 2.01. The quantitative estimate of drug-likeness (QED) is 0.932. The van der Waals surface area contributed by atoms with E-state index in [1.54, 1.807) is 30.5 Å². The van der Waals surface area contributed by atoms with Gasteiger partial charge in [0.1, 0.15) is 12.3 Å². The van der Waals surface area contributed by atoms with E-state index in [0.717, 1.165) is 0 Å². The minimum Gasteiger partial charge on any atom is -0.485 e. The Bertz CT molecular complexity index is 660. The predicted molar refractivity (Wildman–Crippen MR) is 75.8 cm³/mol. The van der Waals surface area contributed by atoms with Crippen molar-refractivity contribution in [2.24, 2.45) is 0 Å². The second kappa shape index (κ2) is 5.70. The Kier molecular flexibility index (Phi) is 3.59. The lowest BCUT2D eigenvalue weighted by Gasteiger charge is -2.25. The van der Waals surface area contributed by atoms with Crippen LogP contribution < -0.4 is 19.5 Å². The lowest BCUT2D eigenvalue weighted by molar-refractivity contribution is -0.125. The molecule has 6 nitrogen and oxygen atoms in total. The van der Waals surface area contributed by atoms with Crippen molar-refractivity contribution in [3.05, 3.63) is 42.6 Å². The van der Waals surface area contributed by atoms with Gasteiger partial charge < -0.3 is 19.5 Å². The summed E-state index contributed by atoms with van der Waals surface area (Å²) in [5, 5.41) is 2.73. The van der Waals surface area contributed by atoms with Crippen molar-refractivity contribution in [2.45, 2.75) is 6.10 Å². The Labute approximate surface area is 121 Å². The molecule has 0 radical (unpaired) electrons. The average Bonchev–Trinajstić information content (AvgIpc) is 2.55. The number of rotatable bonds is 3. The standard InChI is InChI=1S/C15H14N2O4/c1-19-15-10(5-4-8-16-15)17-14(18)13-9-20-11-6-2-3-7-12(11)21-13/h2-8,13H,9H2,1H3,(H,17,18). The number of hydrogen-bond acceptors (Lipinski definition) is 5. The smallest absolute Gasteiger partial charge is 0.269 e. The fraction of sp³-hybridized carbons (Fsp3) is 0.200. The number of nitrogens with one attached hydrogen (secondary N) is 1. The van der Waals surface area contributed by atoms with Crippen LogP contribution in [0.3, 0.4) is 0 Å². The molecule has 3 rings (SSSR count). The van der Waals surface area contributed by atoms with E-state index in [1.165, 1.54) is 7.11 Å². The average molecular weight is 286 g/mol. The summed E-state index contributed by atoms with van der Waals surface area (Å²) in [6.45, 7) is 0.158. The van der Waals surface area contributed by atoms with Crippen LogP contribution in [-0.2, 0) is 4.79 Å². The molecule has 108 valence electrons. The fourth-order valence-corrected chi connectivity index (χ4v) is 2.01.